The number of alkyl carbamates (subject to hydrolysis) is 1. The zero-order chi connectivity index (χ0) is 59.7. The maximum atomic E-state index is 14.7. The van der Waals surface area contributed by atoms with Crippen molar-refractivity contribution in [2.75, 3.05) is 6.61 Å². The molecular formula is C57H69N17O10. The number of nitrogens with one attached hydrogen (secondary N) is 12. The zero-order valence-corrected chi connectivity index (χ0v) is 46.7. The number of imidazole rings is 5. The first-order valence-corrected chi connectivity index (χ1v) is 27.5. The number of carbonyl (C=O) groups excluding carboxylic acids is 7. The molecule has 7 atom stereocenters. The van der Waals surface area contributed by atoms with E-state index in [1.165, 1.54) is 62.6 Å². The Bertz CT molecular complexity index is 3250. The maximum absolute atomic E-state index is 14.7. The second kappa shape index (κ2) is 28.6. The molecule has 2 aromatic carbocycles. The summed E-state index contributed by atoms with van der Waals surface area (Å²) in [5.41, 5.74) is 6.30. The Labute approximate surface area is 482 Å². The van der Waals surface area contributed by atoms with Crippen molar-refractivity contribution in [1.29, 1.82) is 0 Å². The van der Waals surface area contributed by atoms with E-state index in [9.17, 15) is 43.5 Å². The number of benzene rings is 2. The molecule has 13 N–H and O–H groups in total. The van der Waals surface area contributed by atoms with Crippen molar-refractivity contribution in [1.82, 2.24) is 87.1 Å². The Kier molecular flexibility index (Phi) is 20.5. The van der Waals surface area contributed by atoms with Gasteiger partial charge in [-0.15, -0.1) is 0 Å². The lowest BCUT2D eigenvalue weighted by atomic mass is 9.98. The number of carboxylic acids is 1. The number of amides is 7. The van der Waals surface area contributed by atoms with Crippen molar-refractivity contribution in [2.24, 2.45) is 11.8 Å². The lowest BCUT2D eigenvalue weighted by molar-refractivity contribution is -0.142. The van der Waals surface area contributed by atoms with Gasteiger partial charge in [0.25, 0.3) is 0 Å². The summed E-state index contributed by atoms with van der Waals surface area (Å²) in [7, 11) is 0. The van der Waals surface area contributed by atoms with Crippen LogP contribution in [0.5, 0.6) is 0 Å². The summed E-state index contributed by atoms with van der Waals surface area (Å²) in [6.45, 7) is 7.39. The van der Waals surface area contributed by atoms with Crippen LogP contribution in [-0.4, -0.2) is 151 Å². The van der Waals surface area contributed by atoms with Crippen LogP contribution in [0.15, 0.2) is 111 Å². The van der Waals surface area contributed by atoms with Crippen LogP contribution in [0, 0.1) is 11.8 Å². The Morgan fingerprint density at radius 2 is 0.714 bits per heavy atom. The van der Waals surface area contributed by atoms with E-state index in [2.05, 4.69) is 87.1 Å². The minimum absolute atomic E-state index is 0.00171. The van der Waals surface area contributed by atoms with E-state index in [4.69, 9.17) is 4.74 Å². The van der Waals surface area contributed by atoms with Crippen LogP contribution in [-0.2, 0) is 70.4 Å². The Hall–Kier alpha value is -9.95. The average Bonchev–Trinajstić information content (AvgIpc) is 2.09. The highest BCUT2D eigenvalue weighted by atomic mass is 16.5. The molecule has 84 heavy (non-hydrogen) atoms. The Balaban J connectivity index is 0.975. The minimum atomic E-state index is -1.42. The van der Waals surface area contributed by atoms with Crippen molar-refractivity contribution in [3.8, 4) is 11.1 Å². The number of H-pyrrole nitrogens is 5. The van der Waals surface area contributed by atoms with Crippen LogP contribution < -0.4 is 37.2 Å². The van der Waals surface area contributed by atoms with Crippen LogP contribution in [0.25, 0.3) is 11.1 Å². The fourth-order valence-corrected chi connectivity index (χ4v) is 9.94. The predicted octanol–water partition coefficient (Wildman–Crippen LogP) is 1.81. The molecule has 442 valence electrons. The molecule has 0 fully saturated rings. The molecule has 0 aliphatic heterocycles. The molecule has 5 heterocycles. The summed E-state index contributed by atoms with van der Waals surface area (Å²) >= 11 is 0. The predicted molar refractivity (Wildman–Crippen MR) is 302 cm³/mol. The van der Waals surface area contributed by atoms with Crippen LogP contribution in [0.1, 0.15) is 86.1 Å². The quantitative estimate of drug-likeness (QED) is 0.0305. The number of hydrogen-bond acceptors (Lipinski definition) is 14. The molecular weight excluding hydrogens is 1080 g/mol. The third-order valence-electron chi connectivity index (χ3n) is 14.0. The number of rotatable bonds is 30. The second-order valence-corrected chi connectivity index (χ2v) is 21.4. The molecule has 0 unspecified atom stereocenters. The van der Waals surface area contributed by atoms with Gasteiger partial charge in [-0.25, -0.2) is 34.5 Å². The summed E-state index contributed by atoms with van der Waals surface area (Å²) in [5, 5.41) is 29.0. The average molecular weight is 1150 g/mol. The van der Waals surface area contributed by atoms with E-state index in [0.29, 0.717) is 28.5 Å². The summed E-state index contributed by atoms with van der Waals surface area (Å²) in [4.78, 5) is 147. The van der Waals surface area contributed by atoms with Crippen molar-refractivity contribution < 1.29 is 48.2 Å². The number of carbonyl (C=O) groups is 8. The molecule has 1 aliphatic carbocycles. The standard InChI is InChI=1S/C57H69N17O10/c1-31(2)13-43(50(75)69-46(16-34-21-59-27-64-34)53(78)72-48(18-36-23-61-29-66-36)55(80)73-49(56(81)82)19-37-24-62-30-67-37)68-52(77)45(15-33-20-58-26-63-33)71-54(79)47(17-35-22-60-28-65-35)70-51(76)44(14-32(3)4)74-57(83)84-25-42-40-11-7-5-9-38(40)39-10-6-8-12-41(39)42/h5-12,20-24,26-32,42-49H,13-19,25H2,1-4H3,(H,58,63)(H,59,64)(H,60,65)(H,61,66)(H,62,67)(H,68,77)(H,69,75)(H,70,76)(H,71,79)(H,72,78)(H,73,80)(H,74,83)(H,81,82)/t43-,44-,45-,46-,47-,48-,49-/m0/s1. The molecule has 7 amide bonds. The number of hydrogen-bond donors (Lipinski definition) is 13. The number of nitrogens with zero attached hydrogens (tertiary/aromatic N) is 5. The lowest BCUT2D eigenvalue weighted by Crippen LogP contribution is -2.61. The number of aromatic nitrogens is 10. The molecule has 27 heteroatoms. The van der Waals surface area contributed by atoms with Crippen molar-refractivity contribution in [3.05, 3.63) is 151 Å². The van der Waals surface area contributed by atoms with Gasteiger partial charge in [-0.3, -0.25) is 28.8 Å². The van der Waals surface area contributed by atoms with Gasteiger partial charge in [-0.2, -0.15) is 0 Å². The number of aliphatic carboxylic acids is 1. The first-order chi connectivity index (χ1) is 40.5. The monoisotopic (exact) mass is 1150 g/mol. The molecule has 0 saturated carbocycles. The maximum Gasteiger partial charge on any atom is 0.407 e. The van der Waals surface area contributed by atoms with Crippen molar-refractivity contribution in [3.63, 3.8) is 0 Å². The van der Waals surface area contributed by atoms with Crippen LogP contribution in [0.2, 0.25) is 0 Å². The zero-order valence-electron chi connectivity index (χ0n) is 46.7. The Morgan fingerprint density at radius 3 is 1.02 bits per heavy atom. The van der Waals surface area contributed by atoms with E-state index in [-0.39, 0.29) is 69.3 Å². The number of ether oxygens (including phenoxy) is 1. The van der Waals surface area contributed by atoms with Gasteiger partial charge >= 0.3 is 12.1 Å². The van der Waals surface area contributed by atoms with E-state index < -0.39 is 89.8 Å². The topological polar surface area (TPSA) is 394 Å². The van der Waals surface area contributed by atoms with Crippen molar-refractivity contribution >= 4 is 47.5 Å². The molecule has 7 aromatic rings. The van der Waals surface area contributed by atoms with Gasteiger partial charge in [-0.1, -0.05) is 76.2 Å². The molecule has 5 aromatic heterocycles. The van der Waals surface area contributed by atoms with Crippen LogP contribution in [0.3, 0.4) is 0 Å². The highest BCUT2D eigenvalue weighted by Gasteiger charge is 2.37. The number of fused-ring (bicyclic) bond motifs is 3. The van der Waals surface area contributed by atoms with Crippen molar-refractivity contribution in [2.45, 2.75) is 121 Å². The summed E-state index contributed by atoms with van der Waals surface area (Å²) in [5.74, 6) is -6.69. The van der Waals surface area contributed by atoms with Crippen LogP contribution >= 0.6 is 0 Å². The van der Waals surface area contributed by atoms with Gasteiger partial charge < -0.3 is 72.0 Å². The molecule has 0 bridgehead atoms. The highest BCUT2D eigenvalue weighted by molar-refractivity contribution is 5.97. The molecule has 27 nitrogen and oxygen atoms in total. The highest BCUT2D eigenvalue weighted by Crippen LogP contribution is 2.44. The smallest absolute Gasteiger partial charge is 0.407 e. The second-order valence-electron chi connectivity index (χ2n) is 21.4. The molecule has 0 spiro atoms. The summed E-state index contributed by atoms with van der Waals surface area (Å²) in [6, 6.07) is 6.36. The largest absolute Gasteiger partial charge is 0.480 e. The molecule has 8 rings (SSSR count). The minimum Gasteiger partial charge on any atom is -0.480 e. The fraction of sp³-hybridized carbons (Fsp3) is 0.386. The number of carboxylic acid groups (broad SMARTS) is 1. The van der Waals surface area contributed by atoms with E-state index >= 15 is 0 Å². The van der Waals surface area contributed by atoms with E-state index in [1.54, 1.807) is 0 Å². The number of aromatic amines is 5. The SMILES string of the molecule is CC(C)C[C@H](NC(=O)OCC1c2ccccc2-c2ccccc21)C(=O)N[C@@H](Cc1cnc[nH]1)C(=O)N[C@@H](Cc1cnc[nH]1)C(=O)N[C@@H](CC(C)C)C(=O)N[C@@H](Cc1cnc[nH]1)C(=O)N[C@@H](Cc1cnc[nH]1)C(=O)N[C@@H](Cc1cnc[nH]1)C(=O)O. The van der Waals surface area contributed by atoms with Gasteiger partial charge in [0.05, 0.1) is 31.6 Å². The van der Waals surface area contributed by atoms with Crippen LogP contribution in [0.4, 0.5) is 4.79 Å². The molecule has 0 saturated heterocycles. The van der Waals surface area contributed by atoms with Gasteiger partial charge in [0, 0.05) is 97.5 Å². The fourth-order valence-electron chi connectivity index (χ4n) is 9.94. The van der Waals surface area contributed by atoms with Gasteiger partial charge in [0.1, 0.15) is 48.9 Å². The summed E-state index contributed by atoms with van der Waals surface area (Å²) in [6.07, 6.45) is 12.8. The normalized spacial score (nSPS) is 14.4. The van der Waals surface area contributed by atoms with Gasteiger partial charge in [0.2, 0.25) is 35.4 Å². The van der Waals surface area contributed by atoms with E-state index in [1.807, 2.05) is 76.2 Å². The third-order valence-corrected chi connectivity index (χ3v) is 14.0. The first kappa shape index (κ1) is 60.2. The molecule has 0 radical (unpaired) electrons. The van der Waals surface area contributed by atoms with E-state index in [0.717, 1.165) is 22.3 Å². The Morgan fingerprint density at radius 1 is 0.429 bits per heavy atom. The van der Waals surface area contributed by atoms with Gasteiger partial charge in [0.15, 0.2) is 0 Å². The third kappa shape index (κ3) is 16.6. The first-order valence-electron chi connectivity index (χ1n) is 27.5. The summed E-state index contributed by atoms with van der Waals surface area (Å²) < 4.78 is 5.81. The van der Waals surface area contributed by atoms with Gasteiger partial charge in [-0.05, 0) is 46.9 Å². The lowest BCUT2D eigenvalue weighted by Gasteiger charge is -2.28. The molecule has 1 aliphatic rings.